The van der Waals surface area contributed by atoms with Crippen LogP contribution in [0.4, 0.5) is 0 Å². The first kappa shape index (κ1) is 18.7. The first-order chi connectivity index (χ1) is 13.1. The van der Waals surface area contributed by atoms with Crippen LogP contribution in [0.5, 0.6) is 5.75 Å². The first-order valence-corrected chi connectivity index (χ1v) is 8.65. The van der Waals surface area contributed by atoms with Crippen LogP contribution in [0.1, 0.15) is 5.56 Å². The fraction of sp³-hybridized carbons (Fsp3) is 0.150. The van der Waals surface area contributed by atoms with E-state index in [1.54, 1.807) is 25.3 Å². The highest BCUT2D eigenvalue weighted by Gasteiger charge is 2.08. The van der Waals surface area contributed by atoms with Crippen LogP contribution in [0.25, 0.3) is 11.3 Å². The summed E-state index contributed by atoms with van der Waals surface area (Å²) in [4.78, 5) is 28.7. The molecule has 0 aliphatic carbocycles. The van der Waals surface area contributed by atoms with Crippen LogP contribution in [0.15, 0.2) is 65.7 Å². The maximum atomic E-state index is 12.3. The smallest absolute Gasteiger partial charge is 0.254 e. The molecular weight excluding hydrogens is 366 g/mol. The van der Waals surface area contributed by atoms with Crippen molar-refractivity contribution < 1.29 is 9.53 Å². The highest BCUT2D eigenvalue weighted by molar-refractivity contribution is 6.31. The Kier molecular flexibility index (Phi) is 5.88. The van der Waals surface area contributed by atoms with Crippen molar-refractivity contribution in [1.82, 2.24) is 14.9 Å². The van der Waals surface area contributed by atoms with Gasteiger partial charge in [0, 0.05) is 23.2 Å². The summed E-state index contributed by atoms with van der Waals surface area (Å²) in [7, 11) is 1.59. The number of hydrogen-bond acceptors (Lipinski definition) is 4. The Balaban J connectivity index is 1.66. The van der Waals surface area contributed by atoms with Gasteiger partial charge in [0.2, 0.25) is 5.91 Å². The Morgan fingerprint density at radius 3 is 2.59 bits per heavy atom. The first-order valence-electron chi connectivity index (χ1n) is 8.28. The SMILES string of the molecule is COc1ccc(-c2cc(=O)n(CC(=O)NCc3ccccc3Cl)cn2)cc1. The van der Waals surface area contributed by atoms with Crippen molar-refractivity contribution in [3.8, 4) is 17.0 Å². The molecule has 0 atom stereocenters. The molecule has 1 aromatic heterocycles. The van der Waals surface area contributed by atoms with E-state index in [0.717, 1.165) is 16.9 Å². The molecule has 27 heavy (non-hydrogen) atoms. The number of methoxy groups -OCH3 is 1. The molecule has 0 radical (unpaired) electrons. The van der Waals surface area contributed by atoms with Gasteiger partial charge in [0.1, 0.15) is 12.3 Å². The molecule has 0 unspecified atom stereocenters. The number of rotatable bonds is 6. The molecule has 0 bridgehead atoms. The zero-order valence-electron chi connectivity index (χ0n) is 14.7. The molecule has 3 aromatic rings. The zero-order valence-corrected chi connectivity index (χ0v) is 15.4. The highest BCUT2D eigenvalue weighted by Crippen LogP contribution is 2.19. The Bertz CT molecular complexity index is 1000. The molecule has 0 saturated heterocycles. The quantitative estimate of drug-likeness (QED) is 0.710. The number of nitrogens with one attached hydrogen (secondary N) is 1. The topological polar surface area (TPSA) is 73.2 Å². The van der Waals surface area contributed by atoms with Gasteiger partial charge in [-0.05, 0) is 35.9 Å². The van der Waals surface area contributed by atoms with Gasteiger partial charge in [0.25, 0.3) is 5.56 Å². The van der Waals surface area contributed by atoms with Crippen LogP contribution < -0.4 is 15.6 Å². The Hall–Kier alpha value is -3.12. The molecule has 0 aliphatic rings. The van der Waals surface area contributed by atoms with Gasteiger partial charge in [-0.2, -0.15) is 0 Å². The summed E-state index contributed by atoms with van der Waals surface area (Å²) in [5.74, 6) is 0.429. The summed E-state index contributed by atoms with van der Waals surface area (Å²) in [6, 6.07) is 15.9. The minimum absolute atomic E-state index is 0.112. The Morgan fingerprint density at radius 2 is 1.93 bits per heavy atom. The molecule has 3 rings (SSSR count). The number of amides is 1. The van der Waals surface area contributed by atoms with Crippen LogP contribution in [0, 0.1) is 0 Å². The molecular formula is C20H18ClN3O3. The molecule has 1 heterocycles. The van der Waals surface area contributed by atoms with Gasteiger partial charge in [0.05, 0.1) is 19.1 Å². The summed E-state index contributed by atoms with van der Waals surface area (Å²) >= 11 is 6.06. The minimum atomic E-state index is -0.302. The van der Waals surface area contributed by atoms with Gasteiger partial charge in [0.15, 0.2) is 0 Å². The van der Waals surface area contributed by atoms with Crippen LogP contribution in [0.2, 0.25) is 5.02 Å². The highest BCUT2D eigenvalue weighted by atomic mass is 35.5. The number of nitrogens with zero attached hydrogens (tertiary/aromatic N) is 2. The third kappa shape index (κ3) is 4.74. The van der Waals surface area contributed by atoms with Crippen LogP contribution >= 0.6 is 11.6 Å². The summed E-state index contributed by atoms with van der Waals surface area (Å²) in [6.07, 6.45) is 1.37. The number of hydrogen-bond donors (Lipinski definition) is 1. The van der Waals surface area contributed by atoms with E-state index in [-0.39, 0.29) is 18.0 Å². The number of carbonyl (C=O) groups is 1. The van der Waals surface area contributed by atoms with E-state index in [1.807, 2.05) is 30.3 Å². The van der Waals surface area contributed by atoms with Gasteiger partial charge in [-0.25, -0.2) is 4.98 Å². The summed E-state index contributed by atoms with van der Waals surface area (Å²) in [5, 5.41) is 3.33. The maximum absolute atomic E-state index is 12.3. The van der Waals surface area contributed by atoms with Crippen molar-refractivity contribution in [2.24, 2.45) is 0 Å². The van der Waals surface area contributed by atoms with E-state index in [9.17, 15) is 9.59 Å². The molecule has 0 spiro atoms. The second-order valence-corrected chi connectivity index (χ2v) is 6.24. The predicted molar refractivity (Wildman–Crippen MR) is 104 cm³/mol. The number of benzene rings is 2. The van der Waals surface area contributed by atoms with Crippen molar-refractivity contribution in [1.29, 1.82) is 0 Å². The molecule has 0 saturated carbocycles. The minimum Gasteiger partial charge on any atom is -0.497 e. The Morgan fingerprint density at radius 1 is 1.19 bits per heavy atom. The van der Waals surface area contributed by atoms with Gasteiger partial charge >= 0.3 is 0 Å². The fourth-order valence-corrected chi connectivity index (χ4v) is 2.71. The van der Waals surface area contributed by atoms with E-state index < -0.39 is 0 Å². The van der Waals surface area contributed by atoms with Gasteiger partial charge in [-0.1, -0.05) is 29.8 Å². The van der Waals surface area contributed by atoms with Gasteiger partial charge < -0.3 is 10.1 Å². The summed E-state index contributed by atoms with van der Waals surface area (Å²) < 4.78 is 6.37. The molecule has 1 amide bonds. The van der Waals surface area contributed by atoms with Crippen molar-refractivity contribution in [3.63, 3.8) is 0 Å². The Labute approximate surface area is 161 Å². The molecule has 0 aliphatic heterocycles. The van der Waals surface area contributed by atoms with E-state index >= 15 is 0 Å². The maximum Gasteiger partial charge on any atom is 0.254 e. The normalized spacial score (nSPS) is 10.4. The molecule has 138 valence electrons. The van der Waals surface area contributed by atoms with Crippen LogP contribution in [0.3, 0.4) is 0 Å². The van der Waals surface area contributed by atoms with Gasteiger partial charge in [-0.15, -0.1) is 0 Å². The van der Waals surface area contributed by atoms with Crippen molar-refractivity contribution >= 4 is 17.5 Å². The molecule has 6 nitrogen and oxygen atoms in total. The molecule has 0 fully saturated rings. The lowest BCUT2D eigenvalue weighted by Gasteiger charge is -2.09. The second kappa shape index (κ2) is 8.51. The number of carbonyl (C=O) groups excluding carboxylic acids is 1. The van der Waals surface area contributed by atoms with Crippen molar-refractivity contribution in [3.05, 3.63) is 81.9 Å². The lowest BCUT2D eigenvalue weighted by Crippen LogP contribution is -2.32. The van der Waals surface area contributed by atoms with Crippen molar-refractivity contribution in [2.75, 3.05) is 7.11 Å². The van der Waals surface area contributed by atoms with Crippen LogP contribution in [-0.2, 0) is 17.9 Å². The average Bonchev–Trinajstić information content (AvgIpc) is 2.69. The number of halogens is 1. The van der Waals surface area contributed by atoms with E-state index in [4.69, 9.17) is 16.3 Å². The fourth-order valence-electron chi connectivity index (χ4n) is 2.51. The zero-order chi connectivity index (χ0) is 19.2. The second-order valence-electron chi connectivity index (χ2n) is 5.84. The third-order valence-electron chi connectivity index (χ3n) is 4.01. The molecule has 1 N–H and O–H groups in total. The van der Waals surface area contributed by atoms with E-state index in [0.29, 0.717) is 17.3 Å². The predicted octanol–water partition coefficient (Wildman–Crippen LogP) is 2.89. The van der Waals surface area contributed by atoms with E-state index in [1.165, 1.54) is 17.0 Å². The third-order valence-corrected chi connectivity index (χ3v) is 4.38. The lowest BCUT2D eigenvalue weighted by atomic mass is 10.1. The largest absolute Gasteiger partial charge is 0.497 e. The van der Waals surface area contributed by atoms with Crippen molar-refractivity contribution in [2.45, 2.75) is 13.1 Å². The van der Waals surface area contributed by atoms with E-state index in [2.05, 4.69) is 10.3 Å². The average molecular weight is 384 g/mol. The number of aromatic nitrogens is 2. The standard InChI is InChI=1S/C20H18ClN3O3/c1-27-16-8-6-14(7-9-16)18-10-20(26)24(13-23-18)12-19(25)22-11-15-4-2-3-5-17(15)21/h2-10,13H,11-12H2,1H3,(H,22,25). The van der Waals surface area contributed by atoms with Gasteiger partial charge in [-0.3, -0.25) is 14.2 Å². The molecule has 7 heteroatoms. The summed E-state index contributed by atoms with van der Waals surface area (Å²) in [6.45, 7) is 0.184. The molecule has 2 aromatic carbocycles. The van der Waals surface area contributed by atoms with Crippen LogP contribution in [-0.4, -0.2) is 22.6 Å². The monoisotopic (exact) mass is 383 g/mol. The number of ether oxygens (including phenoxy) is 1. The lowest BCUT2D eigenvalue weighted by molar-refractivity contribution is -0.121. The summed E-state index contributed by atoms with van der Waals surface area (Å²) in [5.41, 5.74) is 1.84.